The summed E-state index contributed by atoms with van der Waals surface area (Å²) in [6, 6.07) is 7.46. The number of anilines is 1. The lowest BCUT2D eigenvalue weighted by Gasteiger charge is -2.24. The summed E-state index contributed by atoms with van der Waals surface area (Å²) in [5.41, 5.74) is 6.30. The number of hydrogen-bond acceptors (Lipinski definition) is 4. The predicted molar refractivity (Wildman–Crippen MR) is 82.0 cm³/mol. The normalized spacial score (nSPS) is 18.0. The van der Waals surface area contributed by atoms with E-state index in [1.807, 2.05) is 4.90 Å². The van der Waals surface area contributed by atoms with Crippen LogP contribution < -0.4 is 10.5 Å². The molecule has 1 aromatic carbocycles. The number of benzene rings is 1. The van der Waals surface area contributed by atoms with E-state index in [1.165, 1.54) is 0 Å². The second-order valence-corrected chi connectivity index (χ2v) is 5.42. The van der Waals surface area contributed by atoms with Crippen molar-refractivity contribution >= 4 is 11.6 Å². The van der Waals surface area contributed by atoms with Crippen LogP contribution in [0.2, 0.25) is 0 Å². The van der Waals surface area contributed by atoms with Crippen LogP contribution in [0, 0.1) is 0 Å². The summed E-state index contributed by atoms with van der Waals surface area (Å²) in [7, 11) is 0. The van der Waals surface area contributed by atoms with E-state index < -0.39 is 0 Å². The second kappa shape index (κ2) is 7.88. The van der Waals surface area contributed by atoms with Crippen LogP contribution in [0.3, 0.4) is 0 Å². The van der Waals surface area contributed by atoms with Crippen LogP contribution in [0.5, 0.6) is 5.75 Å². The maximum Gasteiger partial charge on any atom is 0.226 e. The number of nitrogens with two attached hydrogens (primary N) is 1. The number of carbonyl (C=O) groups is 1. The average molecular weight is 292 g/mol. The van der Waals surface area contributed by atoms with Gasteiger partial charge in [0.25, 0.3) is 0 Å². The van der Waals surface area contributed by atoms with E-state index in [4.69, 9.17) is 15.6 Å². The van der Waals surface area contributed by atoms with Crippen LogP contribution in [-0.2, 0) is 4.79 Å². The van der Waals surface area contributed by atoms with Crippen LogP contribution >= 0.6 is 0 Å². The van der Waals surface area contributed by atoms with Gasteiger partial charge in [-0.3, -0.25) is 4.79 Å². The van der Waals surface area contributed by atoms with Crippen molar-refractivity contribution in [3.63, 3.8) is 0 Å². The lowest BCUT2D eigenvalue weighted by Crippen LogP contribution is -2.36. The van der Waals surface area contributed by atoms with Gasteiger partial charge in [0.1, 0.15) is 5.75 Å². The fraction of sp³-hybridized carbons (Fsp3) is 0.562. The largest absolute Gasteiger partial charge is 0.493 e. The fourth-order valence-corrected chi connectivity index (χ4v) is 2.75. The van der Waals surface area contributed by atoms with Crippen molar-refractivity contribution in [3.8, 4) is 5.75 Å². The first kappa shape index (κ1) is 15.6. The summed E-state index contributed by atoms with van der Waals surface area (Å²) in [4.78, 5) is 14.2. The molecule has 1 aromatic rings. The molecular weight excluding hydrogens is 268 g/mol. The third kappa shape index (κ3) is 4.63. The SMILES string of the molecule is Nc1ccc(OCCC(=O)N2CCCC2CCCO)cc1. The van der Waals surface area contributed by atoms with E-state index in [1.54, 1.807) is 24.3 Å². The van der Waals surface area contributed by atoms with Gasteiger partial charge < -0.3 is 20.5 Å². The number of aliphatic hydroxyl groups excluding tert-OH is 1. The molecule has 0 saturated carbocycles. The number of nitrogens with zero attached hydrogens (tertiary/aromatic N) is 1. The van der Waals surface area contributed by atoms with Crippen molar-refractivity contribution in [2.45, 2.75) is 38.1 Å². The van der Waals surface area contributed by atoms with Crippen LogP contribution in [0.15, 0.2) is 24.3 Å². The number of hydrogen-bond donors (Lipinski definition) is 2. The molecular formula is C16H24N2O3. The quantitative estimate of drug-likeness (QED) is 0.751. The molecule has 1 atom stereocenters. The van der Waals surface area contributed by atoms with Gasteiger partial charge in [-0.05, 0) is 49.9 Å². The van der Waals surface area contributed by atoms with E-state index in [9.17, 15) is 4.79 Å². The molecule has 0 aromatic heterocycles. The Balaban J connectivity index is 1.74. The van der Waals surface area contributed by atoms with E-state index in [0.717, 1.165) is 38.0 Å². The third-order valence-corrected chi connectivity index (χ3v) is 3.86. The summed E-state index contributed by atoms with van der Waals surface area (Å²) in [6.45, 7) is 1.40. The molecule has 1 heterocycles. The zero-order chi connectivity index (χ0) is 15.1. The summed E-state index contributed by atoms with van der Waals surface area (Å²) >= 11 is 0. The molecule has 5 nitrogen and oxygen atoms in total. The van der Waals surface area contributed by atoms with Crippen LogP contribution in [0.25, 0.3) is 0 Å². The van der Waals surface area contributed by atoms with E-state index >= 15 is 0 Å². The van der Waals surface area contributed by atoms with Gasteiger partial charge in [0.2, 0.25) is 5.91 Å². The van der Waals surface area contributed by atoms with Crippen molar-refractivity contribution < 1.29 is 14.6 Å². The van der Waals surface area contributed by atoms with Gasteiger partial charge in [0, 0.05) is 24.9 Å². The molecule has 0 radical (unpaired) electrons. The first-order valence-corrected chi connectivity index (χ1v) is 7.59. The Morgan fingerprint density at radius 2 is 2.14 bits per heavy atom. The Kier molecular flexibility index (Phi) is 5.87. The second-order valence-electron chi connectivity index (χ2n) is 5.42. The molecule has 0 spiro atoms. The Hall–Kier alpha value is -1.75. The first-order valence-electron chi connectivity index (χ1n) is 7.59. The molecule has 1 fully saturated rings. The topological polar surface area (TPSA) is 75.8 Å². The molecule has 21 heavy (non-hydrogen) atoms. The molecule has 0 bridgehead atoms. The molecule has 1 unspecified atom stereocenters. The van der Waals surface area contributed by atoms with Crippen LogP contribution in [0.1, 0.15) is 32.1 Å². The van der Waals surface area contributed by atoms with E-state index in [0.29, 0.717) is 24.8 Å². The van der Waals surface area contributed by atoms with Gasteiger partial charge >= 0.3 is 0 Å². The molecule has 0 aliphatic carbocycles. The van der Waals surface area contributed by atoms with Gasteiger partial charge in [-0.25, -0.2) is 0 Å². The number of likely N-dealkylation sites (tertiary alicyclic amines) is 1. The third-order valence-electron chi connectivity index (χ3n) is 3.86. The van der Waals surface area contributed by atoms with Gasteiger partial charge in [-0.15, -0.1) is 0 Å². The smallest absolute Gasteiger partial charge is 0.226 e. The molecule has 1 aliphatic rings. The molecule has 1 saturated heterocycles. The lowest BCUT2D eigenvalue weighted by molar-refractivity contribution is -0.132. The van der Waals surface area contributed by atoms with E-state index in [2.05, 4.69) is 0 Å². The zero-order valence-electron chi connectivity index (χ0n) is 12.3. The van der Waals surface area contributed by atoms with Gasteiger partial charge in [0.15, 0.2) is 0 Å². The minimum absolute atomic E-state index is 0.144. The Morgan fingerprint density at radius 1 is 1.38 bits per heavy atom. The fourth-order valence-electron chi connectivity index (χ4n) is 2.75. The summed E-state index contributed by atoms with van der Waals surface area (Å²) in [5, 5.41) is 8.91. The summed E-state index contributed by atoms with van der Waals surface area (Å²) < 4.78 is 5.56. The number of carbonyl (C=O) groups excluding carboxylic acids is 1. The van der Waals surface area contributed by atoms with E-state index in [-0.39, 0.29) is 12.5 Å². The molecule has 5 heteroatoms. The number of aliphatic hydroxyl groups is 1. The molecule has 1 amide bonds. The summed E-state index contributed by atoms with van der Waals surface area (Å²) in [6.07, 6.45) is 4.14. The lowest BCUT2D eigenvalue weighted by atomic mass is 10.1. The monoisotopic (exact) mass is 292 g/mol. The molecule has 3 N–H and O–H groups in total. The molecule has 2 rings (SSSR count). The Labute approximate surface area is 125 Å². The molecule has 1 aliphatic heterocycles. The summed E-state index contributed by atoms with van der Waals surface area (Å²) in [5.74, 6) is 0.876. The number of rotatable bonds is 7. The average Bonchev–Trinajstić information content (AvgIpc) is 2.95. The van der Waals surface area contributed by atoms with Crippen molar-refractivity contribution in [2.24, 2.45) is 0 Å². The van der Waals surface area contributed by atoms with Gasteiger partial charge in [0.05, 0.1) is 13.0 Å². The minimum Gasteiger partial charge on any atom is -0.493 e. The number of ether oxygens (including phenoxy) is 1. The minimum atomic E-state index is 0.144. The maximum atomic E-state index is 12.2. The van der Waals surface area contributed by atoms with Gasteiger partial charge in [-0.2, -0.15) is 0 Å². The zero-order valence-corrected chi connectivity index (χ0v) is 12.3. The Bertz CT molecular complexity index is 447. The highest BCUT2D eigenvalue weighted by Gasteiger charge is 2.27. The predicted octanol–water partition coefficient (Wildman–Crippen LogP) is 1.80. The van der Waals surface area contributed by atoms with Crippen molar-refractivity contribution in [1.82, 2.24) is 4.90 Å². The van der Waals surface area contributed by atoms with Crippen molar-refractivity contribution in [2.75, 3.05) is 25.5 Å². The van der Waals surface area contributed by atoms with Gasteiger partial charge in [-0.1, -0.05) is 0 Å². The number of nitrogen functional groups attached to an aromatic ring is 1. The van der Waals surface area contributed by atoms with Crippen molar-refractivity contribution in [1.29, 1.82) is 0 Å². The maximum absolute atomic E-state index is 12.2. The first-order chi connectivity index (χ1) is 10.2. The van der Waals surface area contributed by atoms with Crippen molar-refractivity contribution in [3.05, 3.63) is 24.3 Å². The molecule has 116 valence electrons. The standard InChI is InChI=1S/C16H24N2O3/c17-13-5-7-15(8-6-13)21-12-9-16(20)18-10-1-3-14(18)4-2-11-19/h5-8,14,19H,1-4,9-12,17H2. The Morgan fingerprint density at radius 3 is 2.86 bits per heavy atom. The highest BCUT2D eigenvalue weighted by atomic mass is 16.5. The number of amides is 1. The highest BCUT2D eigenvalue weighted by Crippen LogP contribution is 2.22. The van der Waals surface area contributed by atoms with Crippen LogP contribution in [-0.4, -0.2) is 41.7 Å². The highest BCUT2D eigenvalue weighted by molar-refractivity contribution is 5.77. The van der Waals surface area contributed by atoms with Crippen LogP contribution in [0.4, 0.5) is 5.69 Å².